The van der Waals surface area contributed by atoms with Crippen LogP contribution in [-0.4, -0.2) is 4.98 Å². The molecule has 1 aromatic carbocycles. The SMILES string of the molecule is Nc1cnc(NCc2cccc(Br)c2)c(Br)c1. The van der Waals surface area contributed by atoms with Gasteiger partial charge in [0.25, 0.3) is 0 Å². The lowest BCUT2D eigenvalue weighted by atomic mass is 10.2. The normalized spacial score (nSPS) is 10.2. The Balaban J connectivity index is 2.07. The van der Waals surface area contributed by atoms with Crippen molar-refractivity contribution in [3.63, 3.8) is 0 Å². The molecule has 0 fully saturated rings. The van der Waals surface area contributed by atoms with Gasteiger partial charge in [0.2, 0.25) is 0 Å². The van der Waals surface area contributed by atoms with Crippen molar-refractivity contribution < 1.29 is 0 Å². The maximum atomic E-state index is 5.63. The topological polar surface area (TPSA) is 50.9 Å². The van der Waals surface area contributed by atoms with Crippen molar-refractivity contribution >= 4 is 43.4 Å². The van der Waals surface area contributed by atoms with Crippen LogP contribution in [0.15, 0.2) is 45.5 Å². The minimum Gasteiger partial charge on any atom is -0.397 e. The van der Waals surface area contributed by atoms with Gasteiger partial charge in [-0.25, -0.2) is 4.98 Å². The van der Waals surface area contributed by atoms with Crippen molar-refractivity contribution in [2.24, 2.45) is 0 Å². The molecule has 0 radical (unpaired) electrons. The molecule has 2 rings (SSSR count). The van der Waals surface area contributed by atoms with Crippen molar-refractivity contribution in [1.29, 1.82) is 0 Å². The fourth-order valence-corrected chi connectivity index (χ4v) is 2.37. The van der Waals surface area contributed by atoms with Crippen molar-refractivity contribution in [1.82, 2.24) is 4.98 Å². The number of nitrogens with two attached hydrogens (primary N) is 1. The third-order valence-corrected chi connectivity index (χ3v) is 3.31. The minimum atomic E-state index is 0.643. The highest BCUT2D eigenvalue weighted by Gasteiger charge is 2.01. The summed E-state index contributed by atoms with van der Waals surface area (Å²) in [7, 11) is 0. The van der Waals surface area contributed by atoms with Crippen LogP contribution in [0.1, 0.15) is 5.56 Å². The summed E-state index contributed by atoms with van der Waals surface area (Å²) in [6.45, 7) is 0.717. The van der Waals surface area contributed by atoms with Crippen LogP contribution >= 0.6 is 31.9 Å². The zero-order valence-corrected chi connectivity index (χ0v) is 12.1. The lowest BCUT2D eigenvalue weighted by molar-refractivity contribution is 1.10. The fraction of sp³-hybridized carbons (Fsp3) is 0.0833. The molecule has 1 aromatic heterocycles. The zero-order valence-electron chi connectivity index (χ0n) is 8.95. The molecule has 0 saturated heterocycles. The molecule has 0 aliphatic rings. The largest absolute Gasteiger partial charge is 0.397 e. The second-order valence-corrected chi connectivity index (χ2v) is 5.35. The molecule has 0 aliphatic heterocycles. The summed E-state index contributed by atoms with van der Waals surface area (Å²) < 4.78 is 1.94. The standard InChI is InChI=1S/C12H11Br2N3/c13-9-3-1-2-8(4-9)6-16-12-11(14)5-10(15)7-17-12/h1-5,7H,6,15H2,(H,16,17). The molecule has 2 aromatic rings. The van der Waals surface area contributed by atoms with Gasteiger partial charge in [-0.2, -0.15) is 0 Å². The molecule has 0 unspecified atom stereocenters. The van der Waals surface area contributed by atoms with Gasteiger partial charge in [-0.3, -0.25) is 0 Å². The van der Waals surface area contributed by atoms with Crippen LogP contribution in [0.3, 0.4) is 0 Å². The minimum absolute atomic E-state index is 0.643. The van der Waals surface area contributed by atoms with Crippen molar-refractivity contribution in [2.45, 2.75) is 6.54 Å². The molecular weight excluding hydrogens is 346 g/mol. The molecule has 0 aliphatic carbocycles. The number of nitrogens with zero attached hydrogens (tertiary/aromatic N) is 1. The molecule has 3 nitrogen and oxygen atoms in total. The highest BCUT2D eigenvalue weighted by molar-refractivity contribution is 9.10. The van der Waals surface area contributed by atoms with Gasteiger partial charge in [-0.05, 0) is 39.7 Å². The third-order valence-electron chi connectivity index (χ3n) is 2.21. The molecule has 3 N–H and O–H groups in total. The summed E-state index contributed by atoms with van der Waals surface area (Å²) in [5.74, 6) is 0.791. The van der Waals surface area contributed by atoms with E-state index in [1.54, 1.807) is 6.20 Å². The summed E-state index contributed by atoms with van der Waals surface area (Å²) in [6.07, 6.45) is 1.63. The smallest absolute Gasteiger partial charge is 0.140 e. The maximum Gasteiger partial charge on any atom is 0.140 e. The highest BCUT2D eigenvalue weighted by atomic mass is 79.9. The van der Waals surface area contributed by atoms with E-state index in [-0.39, 0.29) is 0 Å². The van der Waals surface area contributed by atoms with Gasteiger partial charge in [-0.15, -0.1) is 0 Å². The zero-order chi connectivity index (χ0) is 12.3. The first-order chi connectivity index (χ1) is 8.15. The van der Waals surface area contributed by atoms with E-state index in [0.29, 0.717) is 5.69 Å². The predicted molar refractivity (Wildman–Crippen MR) is 77.8 cm³/mol. The van der Waals surface area contributed by atoms with E-state index >= 15 is 0 Å². The summed E-state index contributed by atoms with van der Waals surface area (Å²) >= 11 is 6.86. The number of halogens is 2. The van der Waals surface area contributed by atoms with Gasteiger partial charge in [0, 0.05) is 11.0 Å². The Kier molecular flexibility index (Phi) is 4.02. The quantitative estimate of drug-likeness (QED) is 0.879. The molecule has 0 atom stereocenters. The summed E-state index contributed by atoms with van der Waals surface area (Å²) in [6, 6.07) is 9.96. The predicted octanol–water partition coefficient (Wildman–Crippen LogP) is 3.80. The monoisotopic (exact) mass is 355 g/mol. The molecular formula is C12H11Br2N3. The van der Waals surface area contributed by atoms with Crippen LogP contribution in [0, 0.1) is 0 Å². The molecule has 5 heteroatoms. The molecule has 88 valence electrons. The average molecular weight is 357 g/mol. The van der Waals surface area contributed by atoms with E-state index in [4.69, 9.17) is 5.73 Å². The Morgan fingerprint density at radius 3 is 2.76 bits per heavy atom. The van der Waals surface area contributed by atoms with Gasteiger partial charge >= 0.3 is 0 Å². The average Bonchev–Trinajstić information content (AvgIpc) is 2.28. The Labute approximate surface area is 117 Å². The van der Waals surface area contributed by atoms with Crippen LogP contribution in [0.4, 0.5) is 11.5 Å². The second kappa shape index (κ2) is 5.51. The van der Waals surface area contributed by atoms with Crippen LogP contribution < -0.4 is 11.1 Å². The fourth-order valence-electron chi connectivity index (χ4n) is 1.42. The van der Waals surface area contributed by atoms with E-state index in [9.17, 15) is 0 Å². The summed E-state index contributed by atoms with van der Waals surface area (Å²) in [5.41, 5.74) is 7.46. The van der Waals surface area contributed by atoms with E-state index in [1.807, 2.05) is 18.2 Å². The van der Waals surface area contributed by atoms with Gasteiger partial charge in [0.1, 0.15) is 5.82 Å². The molecule has 0 saturated carbocycles. The summed E-state index contributed by atoms with van der Waals surface area (Å²) in [5, 5.41) is 3.25. The Bertz CT molecular complexity index is 529. The van der Waals surface area contributed by atoms with Gasteiger partial charge in [0.15, 0.2) is 0 Å². The van der Waals surface area contributed by atoms with E-state index in [2.05, 4.69) is 54.3 Å². The number of anilines is 2. The van der Waals surface area contributed by atoms with Crippen molar-refractivity contribution in [2.75, 3.05) is 11.1 Å². The lowest BCUT2D eigenvalue weighted by Crippen LogP contribution is -2.02. The number of nitrogens with one attached hydrogen (secondary N) is 1. The Morgan fingerprint density at radius 2 is 2.06 bits per heavy atom. The lowest BCUT2D eigenvalue weighted by Gasteiger charge is -2.08. The molecule has 0 amide bonds. The Morgan fingerprint density at radius 1 is 1.24 bits per heavy atom. The van der Waals surface area contributed by atoms with Gasteiger partial charge in [-0.1, -0.05) is 28.1 Å². The number of aromatic nitrogens is 1. The van der Waals surface area contributed by atoms with E-state index in [0.717, 1.165) is 21.3 Å². The number of hydrogen-bond donors (Lipinski definition) is 2. The number of pyridine rings is 1. The maximum absolute atomic E-state index is 5.63. The Hall–Kier alpha value is -1.07. The number of rotatable bonds is 3. The number of nitrogen functional groups attached to an aromatic ring is 1. The molecule has 17 heavy (non-hydrogen) atoms. The molecule has 0 spiro atoms. The summed E-state index contributed by atoms with van der Waals surface area (Å²) in [4.78, 5) is 4.22. The second-order valence-electron chi connectivity index (χ2n) is 3.58. The van der Waals surface area contributed by atoms with Gasteiger partial charge < -0.3 is 11.1 Å². The molecule has 0 bridgehead atoms. The van der Waals surface area contributed by atoms with Crippen LogP contribution in [0.25, 0.3) is 0 Å². The van der Waals surface area contributed by atoms with Crippen LogP contribution in [0.2, 0.25) is 0 Å². The highest BCUT2D eigenvalue weighted by Crippen LogP contribution is 2.22. The first-order valence-electron chi connectivity index (χ1n) is 5.04. The van der Waals surface area contributed by atoms with Crippen molar-refractivity contribution in [3.05, 3.63) is 51.0 Å². The first kappa shape index (κ1) is 12.4. The van der Waals surface area contributed by atoms with Crippen LogP contribution in [0.5, 0.6) is 0 Å². The van der Waals surface area contributed by atoms with Crippen LogP contribution in [-0.2, 0) is 6.54 Å². The third kappa shape index (κ3) is 3.44. The molecule has 1 heterocycles. The van der Waals surface area contributed by atoms with E-state index in [1.165, 1.54) is 5.56 Å². The first-order valence-corrected chi connectivity index (χ1v) is 6.63. The number of hydrogen-bond acceptors (Lipinski definition) is 3. The number of benzene rings is 1. The van der Waals surface area contributed by atoms with E-state index < -0.39 is 0 Å². The van der Waals surface area contributed by atoms with Gasteiger partial charge in [0.05, 0.1) is 16.4 Å². The van der Waals surface area contributed by atoms with Crippen molar-refractivity contribution in [3.8, 4) is 0 Å².